The smallest absolute Gasteiger partial charge is 0.194 e. The van der Waals surface area contributed by atoms with Crippen molar-refractivity contribution in [1.29, 1.82) is 0 Å². The maximum Gasteiger partial charge on any atom is 0.194 e. The van der Waals surface area contributed by atoms with E-state index in [1.807, 2.05) is 0 Å². The molecule has 0 radical (unpaired) electrons. The van der Waals surface area contributed by atoms with Crippen molar-refractivity contribution in [3.05, 3.63) is 35.4 Å². The van der Waals surface area contributed by atoms with E-state index in [2.05, 4.69) is 53.2 Å². The largest absolute Gasteiger partial charge is 0.376 e. The minimum absolute atomic E-state index is 0.337. The average molecular weight is 385 g/mol. The van der Waals surface area contributed by atoms with Gasteiger partial charge in [0.25, 0.3) is 0 Å². The Morgan fingerprint density at radius 2 is 2.11 bits per heavy atom. The van der Waals surface area contributed by atoms with E-state index in [0.29, 0.717) is 11.5 Å². The Morgan fingerprint density at radius 3 is 2.82 bits per heavy atom. The molecule has 0 aromatic heterocycles. The summed E-state index contributed by atoms with van der Waals surface area (Å²) < 4.78 is 5.66. The van der Waals surface area contributed by atoms with Gasteiger partial charge in [0.2, 0.25) is 0 Å². The lowest BCUT2D eigenvalue weighted by molar-refractivity contribution is -0.0212. The summed E-state index contributed by atoms with van der Waals surface area (Å²) in [6, 6.07) is 8.94. The Bertz CT molecular complexity index is 685. The van der Waals surface area contributed by atoms with Crippen LogP contribution in [0.5, 0.6) is 0 Å². The predicted molar refractivity (Wildman–Crippen MR) is 114 cm³/mol. The number of aliphatic imine (C=N–C) groups is 1. The van der Waals surface area contributed by atoms with E-state index in [4.69, 9.17) is 9.73 Å². The van der Waals surface area contributed by atoms with E-state index >= 15 is 0 Å². The molecule has 1 aromatic carbocycles. The number of hydrogen-bond acceptors (Lipinski definition) is 3. The van der Waals surface area contributed by atoms with Crippen molar-refractivity contribution in [3.63, 3.8) is 0 Å². The van der Waals surface area contributed by atoms with Crippen LogP contribution in [0.1, 0.15) is 50.7 Å². The van der Waals surface area contributed by atoms with E-state index in [1.165, 1.54) is 43.4 Å². The molecule has 0 bridgehead atoms. The molecule has 1 aromatic rings. The van der Waals surface area contributed by atoms with Gasteiger partial charge >= 0.3 is 0 Å². The van der Waals surface area contributed by atoms with Crippen LogP contribution < -0.4 is 5.32 Å². The van der Waals surface area contributed by atoms with Crippen LogP contribution in [-0.4, -0.2) is 61.2 Å². The lowest BCUT2D eigenvalue weighted by Crippen LogP contribution is -2.42. The summed E-state index contributed by atoms with van der Waals surface area (Å²) >= 11 is 0. The second kappa shape index (κ2) is 8.83. The van der Waals surface area contributed by atoms with Crippen molar-refractivity contribution in [2.45, 2.75) is 58.7 Å². The van der Waals surface area contributed by atoms with Crippen molar-refractivity contribution < 1.29 is 4.74 Å². The molecule has 0 amide bonds. The van der Waals surface area contributed by atoms with Crippen LogP contribution in [0.2, 0.25) is 0 Å². The van der Waals surface area contributed by atoms with Gasteiger partial charge in [-0.1, -0.05) is 30.7 Å². The number of guanidine groups is 1. The van der Waals surface area contributed by atoms with Gasteiger partial charge in [-0.15, -0.1) is 0 Å². The Labute approximate surface area is 170 Å². The zero-order chi connectivity index (χ0) is 19.4. The SMILES string of the molecule is CCNC(=NCc1cccc(CN2CCOC(C)C2)c1)N1CCC2(CCC2)C1. The van der Waals surface area contributed by atoms with Crippen LogP contribution in [-0.2, 0) is 17.8 Å². The minimum Gasteiger partial charge on any atom is -0.376 e. The molecule has 4 rings (SSSR count). The van der Waals surface area contributed by atoms with E-state index < -0.39 is 0 Å². The highest BCUT2D eigenvalue weighted by atomic mass is 16.5. The van der Waals surface area contributed by atoms with Crippen LogP contribution in [0.3, 0.4) is 0 Å². The van der Waals surface area contributed by atoms with Crippen molar-refractivity contribution in [2.24, 2.45) is 10.4 Å². The van der Waals surface area contributed by atoms with Gasteiger partial charge in [-0.3, -0.25) is 4.90 Å². The lowest BCUT2D eigenvalue weighted by Gasteiger charge is -2.38. The summed E-state index contributed by atoms with van der Waals surface area (Å²) in [5, 5.41) is 3.52. The molecule has 1 spiro atoms. The number of hydrogen-bond donors (Lipinski definition) is 1. The summed E-state index contributed by atoms with van der Waals surface area (Å²) in [6.07, 6.45) is 5.90. The third-order valence-electron chi connectivity index (χ3n) is 6.62. The zero-order valence-corrected chi connectivity index (χ0v) is 17.6. The predicted octanol–water partition coefficient (Wildman–Crippen LogP) is 3.25. The number of ether oxygens (including phenoxy) is 1. The molecule has 1 N–H and O–H groups in total. The average Bonchev–Trinajstić information content (AvgIpc) is 3.12. The van der Waals surface area contributed by atoms with Crippen molar-refractivity contribution >= 4 is 5.96 Å². The Balaban J connectivity index is 1.38. The first-order chi connectivity index (χ1) is 13.7. The van der Waals surface area contributed by atoms with Crippen LogP contribution in [0.25, 0.3) is 0 Å². The van der Waals surface area contributed by atoms with Crippen LogP contribution in [0, 0.1) is 5.41 Å². The fourth-order valence-corrected chi connectivity index (χ4v) is 4.91. The Morgan fingerprint density at radius 1 is 1.25 bits per heavy atom. The second-order valence-corrected chi connectivity index (χ2v) is 8.93. The maximum atomic E-state index is 5.66. The molecule has 1 aliphatic carbocycles. The van der Waals surface area contributed by atoms with Crippen molar-refractivity contribution in [2.75, 3.05) is 39.3 Å². The molecule has 5 nitrogen and oxygen atoms in total. The molecular formula is C23H36N4O. The summed E-state index contributed by atoms with van der Waals surface area (Å²) in [4.78, 5) is 9.96. The number of benzene rings is 1. The van der Waals surface area contributed by atoms with Gasteiger partial charge in [0.15, 0.2) is 5.96 Å². The molecule has 2 aliphatic heterocycles. The summed E-state index contributed by atoms with van der Waals surface area (Å²) in [7, 11) is 0. The number of morpholine rings is 1. The van der Waals surface area contributed by atoms with Crippen molar-refractivity contribution in [3.8, 4) is 0 Å². The normalized spacial score (nSPS) is 25.1. The highest BCUT2D eigenvalue weighted by Crippen LogP contribution is 2.47. The summed E-state index contributed by atoms with van der Waals surface area (Å²) in [6.45, 7) is 12.2. The molecule has 3 aliphatic rings. The van der Waals surface area contributed by atoms with E-state index in [0.717, 1.165) is 51.8 Å². The van der Waals surface area contributed by atoms with Gasteiger partial charge < -0.3 is 15.0 Å². The van der Waals surface area contributed by atoms with E-state index in [1.54, 1.807) is 0 Å². The first-order valence-electron chi connectivity index (χ1n) is 11.1. The topological polar surface area (TPSA) is 40.1 Å². The fourth-order valence-electron chi connectivity index (χ4n) is 4.91. The molecule has 2 heterocycles. The van der Waals surface area contributed by atoms with E-state index in [-0.39, 0.29) is 0 Å². The van der Waals surface area contributed by atoms with Gasteiger partial charge in [-0.2, -0.15) is 0 Å². The third-order valence-corrected chi connectivity index (χ3v) is 6.62. The zero-order valence-electron chi connectivity index (χ0n) is 17.6. The fraction of sp³-hybridized carbons (Fsp3) is 0.696. The third kappa shape index (κ3) is 4.69. The highest BCUT2D eigenvalue weighted by molar-refractivity contribution is 5.80. The standard InChI is InChI=1S/C23H36N4O/c1-3-24-22(27-11-10-23(18-27)8-5-9-23)25-15-20-6-4-7-21(14-20)17-26-12-13-28-19(2)16-26/h4,6-7,14,19H,3,5,8-13,15-18H2,1-2H3,(H,24,25). The summed E-state index contributed by atoms with van der Waals surface area (Å²) in [5.41, 5.74) is 3.28. The van der Waals surface area contributed by atoms with Crippen LogP contribution in [0.4, 0.5) is 0 Å². The minimum atomic E-state index is 0.337. The quantitative estimate of drug-likeness (QED) is 0.625. The molecule has 1 atom stereocenters. The lowest BCUT2D eigenvalue weighted by atomic mass is 9.68. The number of likely N-dealkylation sites (tertiary alicyclic amines) is 1. The molecule has 3 fully saturated rings. The maximum absolute atomic E-state index is 5.66. The molecule has 28 heavy (non-hydrogen) atoms. The summed E-state index contributed by atoms with van der Waals surface area (Å²) in [5.74, 6) is 1.10. The monoisotopic (exact) mass is 384 g/mol. The number of rotatable bonds is 5. The molecule has 5 heteroatoms. The number of nitrogens with one attached hydrogen (secondary N) is 1. The van der Waals surface area contributed by atoms with Gasteiger partial charge in [0.1, 0.15) is 0 Å². The number of nitrogens with zero attached hydrogens (tertiary/aromatic N) is 3. The molecule has 2 saturated heterocycles. The van der Waals surface area contributed by atoms with Gasteiger partial charge in [-0.25, -0.2) is 4.99 Å². The van der Waals surface area contributed by atoms with Crippen LogP contribution >= 0.6 is 0 Å². The molecular weight excluding hydrogens is 348 g/mol. The first-order valence-corrected chi connectivity index (χ1v) is 11.1. The van der Waals surface area contributed by atoms with Crippen LogP contribution in [0.15, 0.2) is 29.3 Å². The molecule has 1 saturated carbocycles. The van der Waals surface area contributed by atoms with Crippen molar-refractivity contribution in [1.82, 2.24) is 15.1 Å². The second-order valence-electron chi connectivity index (χ2n) is 8.93. The van der Waals surface area contributed by atoms with Gasteiger partial charge in [0.05, 0.1) is 19.3 Å². The first kappa shape index (κ1) is 19.7. The van der Waals surface area contributed by atoms with E-state index in [9.17, 15) is 0 Å². The highest BCUT2D eigenvalue weighted by Gasteiger charge is 2.43. The molecule has 1 unspecified atom stereocenters. The Kier molecular flexibility index (Phi) is 6.22. The van der Waals surface area contributed by atoms with Gasteiger partial charge in [0, 0.05) is 39.3 Å². The van der Waals surface area contributed by atoms with Gasteiger partial charge in [-0.05, 0) is 49.7 Å². The molecule has 154 valence electrons. The Hall–Kier alpha value is -1.59.